The first-order chi connectivity index (χ1) is 15.3. The molecule has 2 saturated heterocycles. The van der Waals surface area contributed by atoms with Gasteiger partial charge in [0.05, 0.1) is 12.9 Å². The SMILES string of the molecule is CN1C[C@H]2CN(Cc3ccc(OCCCn4ccnc4)cc3)C[C@H]2[C@@H]1c1ccccc1.Cl.Cl. The molecule has 5 rings (SSSR count). The molecule has 1 aromatic heterocycles. The Labute approximate surface area is 209 Å². The molecule has 2 aromatic carbocycles. The van der Waals surface area contributed by atoms with Crippen molar-refractivity contribution in [2.75, 3.05) is 33.3 Å². The minimum Gasteiger partial charge on any atom is -0.494 e. The van der Waals surface area contributed by atoms with Gasteiger partial charge in [-0.3, -0.25) is 9.80 Å². The lowest BCUT2D eigenvalue weighted by Crippen LogP contribution is -2.28. The van der Waals surface area contributed by atoms with Crippen LogP contribution in [0.25, 0.3) is 0 Å². The van der Waals surface area contributed by atoms with Crippen LogP contribution in [0.2, 0.25) is 0 Å². The van der Waals surface area contributed by atoms with Crippen LogP contribution in [0, 0.1) is 11.8 Å². The zero-order valence-electron chi connectivity index (χ0n) is 19.1. The topological polar surface area (TPSA) is 33.5 Å². The summed E-state index contributed by atoms with van der Waals surface area (Å²) in [6.45, 7) is 6.27. The average molecular weight is 489 g/mol. The number of aromatic nitrogens is 2. The Hall–Kier alpha value is -2.05. The Balaban J connectivity index is 0.00000153. The second-order valence-corrected chi connectivity index (χ2v) is 9.06. The molecule has 0 radical (unpaired) electrons. The Kier molecular flexibility index (Phi) is 9.21. The lowest BCUT2D eigenvalue weighted by atomic mass is 9.90. The summed E-state index contributed by atoms with van der Waals surface area (Å²) in [5, 5.41) is 0. The molecule has 178 valence electrons. The third-order valence-corrected chi connectivity index (χ3v) is 6.83. The zero-order valence-corrected chi connectivity index (χ0v) is 20.8. The summed E-state index contributed by atoms with van der Waals surface area (Å²) < 4.78 is 7.99. The number of nitrogens with zero attached hydrogens (tertiary/aromatic N) is 4. The van der Waals surface area contributed by atoms with Crippen molar-refractivity contribution in [2.45, 2.75) is 25.6 Å². The molecule has 2 aliphatic heterocycles. The van der Waals surface area contributed by atoms with Gasteiger partial charge in [-0.25, -0.2) is 4.98 Å². The highest BCUT2D eigenvalue weighted by Gasteiger charge is 2.45. The van der Waals surface area contributed by atoms with E-state index in [1.54, 1.807) is 0 Å². The van der Waals surface area contributed by atoms with Crippen molar-refractivity contribution < 1.29 is 4.74 Å². The van der Waals surface area contributed by atoms with Crippen LogP contribution >= 0.6 is 24.8 Å². The van der Waals surface area contributed by atoms with E-state index in [1.165, 1.54) is 30.8 Å². The van der Waals surface area contributed by atoms with Crippen molar-refractivity contribution in [1.82, 2.24) is 19.4 Å². The summed E-state index contributed by atoms with van der Waals surface area (Å²) >= 11 is 0. The van der Waals surface area contributed by atoms with Crippen LogP contribution in [-0.4, -0.2) is 52.6 Å². The van der Waals surface area contributed by atoms with Crippen molar-refractivity contribution in [3.8, 4) is 5.75 Å². The Morgan fingerprint density at radius 1 is 0.970 bits per heavy atom. The summed E-state index contributed by atoms with van der Waals surface area (Å²) in [5.74, 6) is 2.46. The van der Waals surface area contributed by atoms with Crippen LogP contribution in [0.15, 0.2) is 73.3 Å². The van der Waals surface area contributed by atoms with Gasteiger partial charge >= 0.3 is 0 Å². The summed E-state index contributed by atoms with van der Waals surface area (Å²) in [5.41, 5.74) is 2.84. The quantitative estimate of drug-likeness (QED) is 0.420. The Morgan fingerprint density at radius 3 is 2.48 bits per heavy atom. The number of imidazole rings is 1. The van der Waals surface area contributed by atoms with Gasteiger partial charge in [-0.1, -0.05) is 42.5 Å². The number of hydrogen-bond acceptors (Lipinski definition) is 4. The van der Waals surface area contributed by atoms with Crippen LogP contribution in [0.3, 0.4) is 0 Å². The molecule has 0 N–H and O–H groups in total. The number of aryl methyl sites for hydroxylation is 1. The van der Waals surface area contributed by atoms with Gasteiger partial charge in [0.1, 0.15) is 5.75 Å². The van der Waals surface area contributed by atoms with E-state index in [9.17, 15) is 0 Å². The van der Waals surface area contributed by atoms with E-state index in [2.05, 4.69) is 81.0 Å². The van der Waals surface area contributed by atoms with E-state index in [0.29, 0.717) is 6.04 Å². The number of hydrogen-bond donors (Lipinski definition) is 0. The molecule has 3 atom stereocenters. The summed E-state index contributed by atoms with van der Waals surface area (Å²) in [7, 11) is 2.29. The maximum Gasteiger partial charge on any atom is 0.119 e. The monoisotopic (exact) mass is 488 g/mol. The van der Waals surface area contributed by atoms with E-state index in [0.717, 1.165) is 43.7 Å². The minimum atomic E-state index is 0. The molecule has 0 unspecified atom stereocenters. The number of fused-ring (bicyclic) bond motifs is 1. The maximum absolute atomic E-state index is 5.91. The molecule has 2 fully saturated rings. The predicted octanol–water partition coefficient (Wildman–Crippen LogP) is 4.93. The van der Waals surface area contributed by atoms with Gasteiger partial charge in [-0.2, -0.15) is 0 Å². The van der Waals surface area contributed by atoms with Crippen LogP contribution in [0.1, 0.15) is 23.6 Å². The van der Waals surface area contributed by atoms with Gasteiger partial charge in [0, 0.05) is 51.2 Å². The number of benzene rings is 2. The van der Waals surface area contributed by atoms with Gasteiger partial charge in [-0.05, 0) is 48.6 Å². The van der Waals surface area contributed by atoms with E-state index in [4.69, 9.17) is 4.74 Å². The van der Waals surface area contributed by atoms with Crippen LogP contribution in [0.4, 0.5) is 0 Å². The molecule has 0 bridgehead atoms. The standard InChI is InChI=1S/C26H32N4O.2ClH/c1-28-17-23-18-30(19-25(23)26(28)22-6-3-2-4-7-22)16-21-8-10-24(11-9-21)31-15-5-13-29-14-12-27-20-29;;/h2-4,6-12,14,20,23,25-26H,5,13,15-19H2,1H3;2*1H/t23-,25+,26-;;/m0../s1. The lowest BCUT2D eigenvalue weighted by molar-refractivity contribution is 0.224. The second-order valence-electron chi connectivity index (χ2n) is 9.06. The van der Waals surface area contributed by atoms with Crippen molar-refractivity contribution in [3.63, 3.8) is 0 Å². The van der Waals surface area contributed by atoms with Gasteiger partial charge < -0.3 is 9.30 Å². The molecule has 0 spiro atoms. The van der Waals surface area contributed by atoms with Crippen LogP contribution in [0.5, 0.6) is 5.75 Å². The summed E-state index contributed by atoms with van der Waals surface area (Å²) in [6, 6.07) is 20.3. The fourth-order valence-electron chi connectivity index (χ4n) is 5.44. The van der Waals surface area contributed by atoms with E-state index in [1.807, 2.05) is 18.7 Å². The summed E-state index contributed by atoms with van der Waals surface area (Å²) in [6.07, 6.45) is 6.63. The largest absolute Gasteiger partial charge is 0.494 e. The van der Waals surface area contributed by atoms with Crippen molar-refractivity contribution in [2.24, 2.45) is 11.8 Å². The highest BCUT2D eigenvalue weighted by Crippen LogP contribution is 2.44. The van der Waals surface area contributed by atoms with Gasteiger partial charge in [0.15, 0.2) is 0 Å². The fourth-order valence-corrected chi connectivity index (χ4v) is 5.44. The highest BCUT2D eigenvalue weighted by molar-refractivity contribution is 5.85. The van der Waals surface area contributed by atoms with Crippen molar-refractivity contribution in [1.29, 1.82) is 0 Å². The number of likely N-dealkylation sites (tertiary alicyclic amines) is 2. The Morgan fingerprint density at radius 2 is 1.76 bits per heavy atom. The number of halogens is 2. The molecule has 7 heteroatoms. The zero-order chi connectivity index (χ0) is 21.0. The predicted molar refractivity (Wildman–Crippen MR) is 137 cm³/mol. The normalized spacial score (nSPS) is 22.4. The minimum absolute atomic E-state index is 0. The highest BCUT2D eigenvalue weighted by atomic mass is 35.5. The van der Waals surface area contributed by atoms with E-state index < -0.39 is 0 Å². The third-order valence-electron chi connectivity index (χ3n) is 6.83. The number of rotatable bonds is 8. The first-order valence-corrected chi connectivity index (χ1v) is 11.4. The van der Waals surface area contributed by atoms with Crippen LogP contribution < -0.4 is 4.74 Å². The molecule has 0 aliphatic carbocycles. The average Bonchev–Trinajstić information content (AvgIpc) is 3.50. The first-order valence-electron chi connectivity index (χ1n) is 11.4. The van der Waals surface area contributed by atoms with Gasteiger partial charge in [0.2, 0.25) is 0 Å². The third kappa shape index (κ3) is 6.10. The van der Waals surface area contributed by atoms with E-state index >= 15 is 0 Å². The molecule has 0 saturated carbocycles. The molecular formula is C26H34Cl2N4O. The molecule has 3 heterocycles. The van der Waals surface area contributed by atoms with Gasteiger partial charge in [0.25, 0.3) is 0 Å². The molecule has 5 nitrogen and oxygen atoms in total. The smallest absolute Gasteiger partial charge is 0.119 e. The fraction of sp³-hybridized carbons (Fsp3) is 0.423. The second kappa shape index (κ2) is 11.9. The molecule has 33 heavy (non-hydrogen) atoms. The number of ether oxygens (including phenoxy) is 1. The van der Waals surface area contributed by atoms with Gasteiger partial charge in [-0.15, -0.1) is 24.8 Å². The first kappa shape index (κ1) is 25.6. The lowest BCUT2D eigenvalue weighted by Gasteiger charge is -2.27. The molecule has 3 aromatic rings. The Bertz CT molecular complexity index is 952. The summed E-state index contributed by atoms with van der Waals surface area (Å²) in [4.78, 5) is 9.26. The molecular weight excluding hydrogens is 455 g/mol. The van der Waals surface area contributed by atoms with Crippen molar-refractivity contribution in [3.05, 3.63) is 84.4 Å². The molecule has 0 amide bonds. The molecule has 2 aliphatic rings. The van der Waals surface area contributed by atoms with Crippen LogP contribution in [-0.2, 0) is 13.1 Å². The maximum atomic E-state index is 5.91. The van der Waals surface area contributed by atoms with Crippen molar-refractivity contribution >= 4 is 24.8 Å². The van der Waals surface area contributed by atoms with E-state index in [-0.39, 0.29) is 24.8 Å².